The van der Waals surface area contributed by atoms with Gasteiger partial charge < -0.3 is 4.74 Å². The summed E-state index contributed by atoms with van der Waals surface area (Å²) in [5.74, 6) is -0.234. The number of aromatic amines is 1. The largest absolute Gasteiger partial charge is 0.465 e. The number of nitrogens with zero attached hydrogens (tertiary/aromatic N) is 2. The Bertz CT molecular complexity index is 885. The van der Waals surface area contributed by atoms with Gasteiger partial charge >= 0.3 is 5.97 Å². The van der Waals surface area contributed by atoms with E-state index in [1.165, 1.54) is 17.0 Å². The van der Waals surface area contributed by atoms with E-state index in [0.717, 1.165) is 19.3 Å². The summed E-state index contributed by atoms with van der Waals surface area (Å²) in [4.78, 5) is 12.1. The third-order valence-electron chi connectivity index (χ3n) is 5.08. The summed E-state index contributed by atoms with van der Waals surface area (Å²) < 4.78 is 32.3. The average molecular weight is 391 g/mol. The molecular formula is C19H25N3O4S. The molecule has 0 radical (unpaired) electrons. The summed E-state index contributed by atoms with van der Waals surface area (Å²) in [7, 11) is -2.61. The summed E-state index contributed by atoms with van der Waals surface area (Å²) in [6, 6.07) is 10.2. The molecule has 146 valence electrons. The SMILES string of the molecule is CCc1[nH]nc(S(=O)(=O)N2CCC(Cc3ccccc3)CC2)c1C(=O)OC. The molecule has 2 heterocycles. The van der Waals surface area contributed by atoms with Crippen LogP contribution >= 0.6 is 0 Å². The second-order valence-electron chi connectivity index (χ2n) is 6.76. The van der Waals surface area contributed by atoms with E-state index in [2.05, 4.69) is 22.3 Å². The van der Waals surface area contributed by atoms with Crippen LogP contribution in [0.25, 0.3) is 0 Å². The predicted octanol–water partition coefficient (Wildman–Crippen LogP) is 2.40. The van der Waals surface area contributed by atoms with E-state index in [9.17, 15) is 13.2 Å². The van der Waals surface area contributed by atoms with E-state index in [1.807, 2.05) is 25.1 Å². The molecule has 8 heteroatoms. The lowest BCUT2D eigenvalue weighted by molar-refractivity contribution is 0.0595. The van der Waals surface area contributed by atoms with Crippen molar-refractivity contribution in [1.82, 2.24) is 14.5 Å². The fourth-order valence-corrected chi connectivity index (χ4v) is 5.10. The van der Waals surface area contributed by atoms with Crippen molar-refractivity contribution in [2.75, 3.05) is 20.2 Å². The number of aromatic nitrogens is 2. The summed E-state index contributed by atoms with van der Waals surface area (Å²) in [5.41, 5.74) is 1.76. The number of methoxy groups -OCH3 is 1. The third kappa shape index (κ3) is 4.06. The Balaban J connectivity index is 1.74. The zero-order valence-electron chi connectivity index (χ0n) is 15.6. The Kier molecular flexibility index (Phi) is 5.96. The molecule has 1 aromatic carbocycles. The van der Waals surface area contributed by atoms with Gasteiger partial charge in [-0.05, 0) is 37.2 Å². The van der Waals surface area contributed by atoms with Gasteiger partial charge in [0.2, 0.25) is 5.03 Å². The molecular weight excluding hydrogens is 366 g/mol. The molecule has 0 aliphatic carbocycles. The predicted molar refractivity (Wildman–Crippen MR) is 101 cm³/mol. The molecule has 1 N–H and O–H groups in total. The van der Waals surface area contributed by atoms with E-state index in [1.54, 1.807) is 0 Å². The van der Waals surface area contributed by atoms with Crippen LogP contribution in [0.3, 0.4) is 0 Å². The first-order chi connectivity index (χ1) is 13.0. The highest BCUT2D eigenvalue weighted by molar-refractivity contribution is 7.89. The number of rotatable bonds is 6. The van der Waals surface area contributed by atoms with Gasteiger partial charge in [-0.15, -0.1) is 0 Å². The average Bonchev–Trinajstić information content (AvgIpc) is 3.13. The minimum absolute atomic E-state index is 0.0198. The molecule has 0 bridgehead atoms. The van der Waals surface area contributed by atoms with E-state index in [4.69, 9.17) is 4.74 Å². The molecule has 1 saturated heterocycles. The first-order valence-electron chi connectivity index (χ1n) is 9.17. The van der Waals surface area contributed by atoms with Crippen LogP contribution in [0.2, 0.25) is 0 Å². The second kappa shape index (κ2) is 8.22. The summed E-state index contributed by atoms with van der Waals surface area (Å²) in [6.07, 6.45) is 2.98. The van der Waals surface area contributed by atoms with Gasteiger partial charge in [0.1, 0.15) is 5.56 Å². The van der Waals surface area contributed by atoms with Gasteiger partial charge in [-0.1, -0.05) is 37.3 Å². The van der Waals surface area contributed by atoms with Crippen LogP contribution in [0.15, 0.2) is 35.4 Å². The number of benzene rings is 1. The van der Waals surface area contributed by atoms with Crippen molar-refractivity contribution in [2.24, 2.45) is 5.92 Å². The van der Waals surface area contributed by atoms with Gasteiger partial charge in [0.05, 0.1) is 12.8 Å². The lowest BCUT2D eigenvalue weighted by atomic mass is 9.91. The lowest BCUT2D eigenvalue weighted by Crippen LogP contribution is -2.39. The molecule has 0 atom stereocenters. The molecule has 1 aliphatic rings. The summed E-state index contributed by atoms with van der Waals surface area (Å²) in [6.45, 7) is 2.68. The van der Waals surface area contributed by atoms with Crippen LogP contribution in [0.5, 0.6) is 0 Å². The molecule has 27 heavy (non-hydrogen) atoms. The first kappa shape index (κ1) is 19.6. The van der Waals surface area contributed by atoms with Gasteiger partial charge in [-0.2, -0.15) is 9.40 Å². The number of piperidine rings is 1. The lowest BCUT2D eigenvalue weighted by Gasteiger charge is -2.30. The highest BCUT2D eigenvalue weighted by Gasteiger charge is 2.36. The second-order valence-corrected chi connectivity index (χ2v) is 8.62. The molecule has 1 fully saturated rings. The van der Waals surface area contributed by atoms with Crippen molar-refractivity contribution in [3.05, 3.63) is 47.2 Å². The van der Waals surface area contributed by atoms with Crippen molar-refractivity contribution in [3.63, 3.8) is 0 Å². The molecule has 1 aromatic heterocycles. The van der Waals surface area contributed by atoms with E-state index in [-0.39, 0.29) is 10.6 Å². The van der Waals surface area contributed by atoms with Gasteiger partial charge in [0.15, 0.2) is 0 Å². The monoisotopic (exact) mass is 391 g/mol. The number of esters is 1. The van der Waals surface area contributed by atoms with Crippen LogP contribution in [0.4, 0.5) is 0 Å². The van der Waals surface area contributed by atoms with Crippen molar-refractivity contribution < 1.29 is 17.9 Å². The smallest absolute Gasteiger partial charge is 0.342 e. The van der Waals surface area contributed by atoms with Crippen LogP contribution in [-0.2, 0) is 27.6 Å². The normalized spacial score (nSPS) is 16.4. The molecule has 1 aliphatic heterocycles. The van der Waals surface area contributed by atoms with Crippen LogP contribution in [0, 0.1) is 5.92 Å². The maximum absolute atomic E-state index is 13.1. The van der Waals surface area contributed by atoms with Gasteiger partial charge in [-0.25, -0.2) is 13.2 Å². The van der Waals surface area contributed by atoms with Crippen LogP contribution < -0.4 is 0 Å². The number of carbonyl (C=O) groups is 1. The molecule has 0 spiro atoms. The van der Waals surface area contributed by atoms with Crippen molar-refractivity contribution in [1.29, 1.82) is 0 Å². The summed E-state index contributed by atoms with van der Waals surface area (Å²) in [5, 5.41) is 6.37. The molecule has 2 aromatic rings. The third-order valence-corrected chi connectivity index (χ3v) is 6.91. The molecule has 0 amide bonds. The maximum Gasteiger partial charge on any atom is 0.342 e. The maximum atomic E-state index is 13.1. The van der Waals surface area contributed by atoms with Crippen LogP contribution in [0.1, 0.15) is 41.4 Å². The molecule has 0 saturated carbocycles. The number of sulfonamides is 1. The number of ether oxygens (including phenoxy) is 1. The number of carbonyl (C=O) groups excluding carboxylic acids is 1. The number of H-pyrrole nitrogens is 1. The van der Waals surface area contributed by atoms with E-state index >= 15 is 0 Å². The minimum atomic E-state index is -3.84. The number of hydrogen-bond acceptors (Lipinski definition) is 5. The minimum Gasteiger partial charge on any atom is -0.465 e. The van der Waals surface area contributed by atoms with E-state index < -0.39 is 16.0 Å². The molecule has 3 rings (SSSR count). The summed E-state index contributed by atoms with van der Waals surface area (Å²) >= 11 is 0. The topological polar surface area (TPSA) is 92.4 Å². The fraction of sp³-hybridized carbons (Fsp3) is 0.474. The quantitative estimate of drug-likeness (QED) is 0.764. The first-order valence-corrected chi connectivity index (χ1v) is 10.6. The highest BCUT2D eigenvalue weighted by Crippen LogP contribution is 2.28. The van der Waals surface area contributed by atoms with Crippen molar-refractivity contribution >= 4 is 16.0 Å². The Morgan fingerprint density at radius 2 is 1.93 bits per heavy atom. The Labute approximate surface area is 159 Å². The Hall–Kier alpha value is -2.19. The Morgan fingerprint density at radius 1 is 1.26 bits per heavy atom. The van der Waals surface area contributed by atoms with E-state index in [0.29, 0.717) is 31.1 Å². The van der Waals surface area contributed by atoms with Gasteiger partial charge in [0.25, 0.3) is 10.0 Å². The van der Waals surface area contributed by atoms with Crippen molar-refractivity contribution in [3.8, 4) is 0 Å². The van der Waals surface area contributed by atoms with Gasteiger partial charge in [0, 0.05) is 13.1 Å². The zero-order chi connectivity index (χ0) is 19.4. The number of nitrogens with one attached hydrogen (secondary N) is 1. The fourth-order valence-electron chi connectivity index (χ4n) is 3.54. The Morgan fingerprint density at radius 3 is 2.52 bits per heavy atom. The highest BCUT2D eigenvalue weighted by atomic mass is 32.2. The zero-order valence-corrected chi connectivity index (χ0v) is 16.5. The molecule has 0 unspecified atom stereocenters. The molecule has 7 nitrogen and oxygen atoms in total. The number of hydrogen-bond donors (Lipinski definition) is 1. The number of aryl methyl sites for hydroxylation is 1. The van der Waals surface area contributed by atoms with Crippen LogP contribution in [-0.4, -0.2) is 49.1 Å². The van der Waals surface area contributed by atoms with Crippen molar-refractivity contribution in [2.45, 2.75) is 37.6 Å². The standard InChI is InChI=1S/C19H25N3O4S/c1-3-16-17(19(23)26-2)18(21-20-16)27(24,25)22-11-9-15(10-12-22)13-14-7-5-4-6-8-14/h4-8,15H,3,9-13H2,1-2H3,(H,20,21). The van der Waals surface area contributed by atoms with Gasteiger partial charge in [-0.3, -0.25) is 5.10 Å².